The lowest BCUT2D eigenvalue weighted by atomic mass is 9.89. The van der Waals surface area contributed by atoms with Gasteiger partial charge in [0.05, 0.1) is 16.8 Å². The van der Waals surface area contributed by atoms with Crippen LogP contribution < -0.4 is 4.90 Å². The molecule has 2 aromatic rings. The lowest BCUT2D eigenvalue weighted by molar-refractivity contribution is 0.0760. The minimum Gasteiger partial charge on any atom is -0.341 e. The van der Waals surface area contributed by atoms with Crippen molar-refractivity contribution in [3.05, 3.63) is 64.7 Å². The second kappa shape index (κ2) is 7.82. The summed E-state index contributed by atoms with van der Waals surface area (Å²) in [5.41, 5.74) is 2.54. The largest absolute Gasteiger partial charge is 0.341 e. The Kier molecular flexibility index (Phi) is 5.22. The molecular weight excluding hydrogens is 364 g/mol. The molecule has 1 aliphatic carbocycles. The Hall–Kier alpha value is -2.95. The highest BCUT2D eigenvalue weighted by Gasteiger charge is 2.37. The van der Waals surface area contributed by atoms with Crippen molar-refractivity contribution in [1.82, 2.24) is 4.90 Å². The SMILES string of the molecule is Cc1ccccc1N1C(=O)c2ccc(C(=O)N(C)CC3CCCCC3)cc2C1=O. The Morgan fingerprint density at radius 1 is 1.00 bits per heavy atom. The average molecular weight is 390 g/mol. The first-order chi connectivity index (χ1) is 14.0. The zero-order valence-corrected chi connectivity index (χ0v) is 17.0. The predicted molar refractivity (Wildman–Crippen MR) is 112 cm³/mol. The monoisotopic (exact) mass is 390 g/mol. The van der Waals surface area contributed by atoms with Crippen LogP contribution in [0.3, 0.4) is 0 Å². The highest BCUT2D eigenvalue weighted by atomic mass is 16.2. The molecule has 0 atom stereocenters. The van der Waals surface area contributed by atoms with Gasteiger partial charge in [0.25, 0.3) is 17.7 Å². The third-order valence-electron chi connectivity index (χ3n) is 6.09. The number of aryl methyl sites for hydroxylation is 1. The molecule has 5 nitrogen and oxygen atoms in total. The van der Waals surface area contributed by atoms with Crippen molar-refractivity contribution in [2.75, 3.05) is 18.5 Å². The third kappa shape index (κ3) is 3.57. The van der Waals surface area contributed by atoms with E-state index in [-0.39, 0.29) is 17.7 Å². The molecule has 5 heteroatoms. The number of rotatable bonds is 4. The van der Waals surface area contributed by atoms with Gasteiger partial charge in [-0.15, -0.1) is 0 Å². The minimum atomic E-state index is -0.371. The summed E-state index contributed by atoms with van der Waals surface area (Å²) in [5, 5.41) is 0. The van der Waals surface area contributed by atoms with Crippen molar-refractivity contribution in [3.8, 4) is 0 Å². The van der Waals surface area contributed by atoms with Gasteiger partial charge < -0.3 is 4.90 Å². The summed E-state index contributed by atoms with van der Waals surface area (Å²) in [6.07, 6.45) is 6.08. The van der Waals surface area contributed by atoms with E-state index in [9.17, 15) is 14.4 Å². The van der Waals surface area contributed by atoms with Gasteiger partial charge >= 0.3 is 0 Å². The Labute approximate surface area is 171 Å². The van der Waals surface area contributed by atoms with Crippen LogP contribution in [0.1, 0.15) is 68.7 Å². The van der Waals surface area contributed by atoms with Crippen LogP contribution in [0.15, 0.2) is 42.5 Å². The fourth-order valence-electron chi connectivity index (χ4n) is 4.47. The maximum absolute atomic E-state index is 13.0. The minimum absolute atomic E-state index is 0.104. The van der Waals surface area contributed by atoms with Crippen molar-refractivity contribution in [2.24, 2.45) is 5.92 Å². The molecular formula is C24H26N2O3. The molecule has 2 aliphatic rings. The van der Waals surface area contributed by atoms with Gasteiger partial charge in [-0.05, 0) is 55.5 Å². The first-order valence-corrected chi connectivity index (χ1v) is 10.3. The normalized spacial score (nSPS) is 16.8. The second-order valence-electron chi connectivity index (χ2n) is 8.18. The van der Waals surface area contributed by atoms with E-state index >= 15 is 0 Å². The number of amides is 3. The Morgan fingerprint density at radius 3 is 2.41 bits per heavy atom. The van der Waals surface area contributed by atoms with E-state index in [4.69, 9.17) is 0 Å². The Balaban J connectivity index is 1.57. The quantitative estimate of drug-likeness (QED) is 0.725. The van der Waals surface area contributed by atoms with E-state index < -0.39 is 0 Å². The Bertz CT molecular complexity index is 976. The first kappa shape index (κ1) is 19.4. The fourth-order valence-corrected chi connectivity index (χ4v) is 4.47. The van der Waals surface area contributed by atoms with Gasteiger partial charge in [-0.1, -0.05) is 37.5 Å². The molecule has 0 spiro atoms. The van der Waals surface area contributed by atoms with Crippen LogP contribution in [0.5, 0.6) is 0 Å². The number of anilines is 1. The van der Waals surface area contributed by atoms with Crippen LogP contribution in [0.2, 0.25) is 0 Å². The molecule has 0 aromatic heterocycles. The molecule has 1 aliphatic heterocycles. The van der Waals surface area contributed by atoms with Crippen molar-refractivity contribution in [2.45, 2.75) is 39.0 Å². The van der Waals surface area contributed by atoms with Crippen molar-refractivity contribution in [3.63, 3.8) is 0 Å². The van der Waals surface area contributed by atoms with Crippen molar-refractivity contribution in [1.29, 1.82) is 0 Å². The molecule has 0 saturated heterocycles. The second-order valence-corrected chi connectivity index (χ2v) is 8.18. The van der Waals surface area contributed by atoms with Crippen LogP contribution in [0.25, 0.3) is 0 Å². The van der Waals surface area contributed by atoms with Crippen molar-refractivity contribution < 1.29 is 14.4 Å². The van der Waals surface area contributed by atoms with E-state index in [0.717, 1.165) is 12.1 Å². The number of imide groups is 1. The molecule has 2 aromatic carbocycles. The summed E-state index contributed by atoms with van der Waals surface area (Å²) in [5.74, 6) is -0.266. The number of benzene rings is 2. The molecule has 3 amide bonds. The van der Waals surface area contributed by atoms with Crippen LogP contribution >= 0.6 is 0 Å². The van der Waals surface area contributed by atoms with Crippen LogP contribution in [-0.2, 0) is 0 Å². The van der Waals surface area contributed by atoms with Gasteiger partial charge in [0.2, 0.25) is 0 Å². The predicted octanol–water partition coefficient (Wildman–Crippen LogP) is 4.45. The summed E-state index contributed by atoms with van der Waals surface area (Å²) in [4.78, 5) is 41.7. The summed E-state index contributed by atoms with van der Waals surface area (Å²) in [6, 6.07) is 12.2. The molecule has 1 saturated carbocycles. The highest BCUT2D eigenvalue weighted by molar-refractivity contribution is 6.35. The summed E-state index contributed by atoms with van der Waals surface area (Å²) in [7, 11) is 1.82. The number of hydrogen-bond donors (Lipinski definition) is 0. The molecule has 150 valence electrons. The van der Waals surface area contributed by atoms with E-state index in [1.807, 2.05) is 26.1 Å². The van der Waals surface area contributed by atoms with Crippen LogP contribution in [0, 0.1) is 12.8 Å². The van der Waals surface area contributed by atoms with E-state index in [0.29, 0.717) is 28.3 Å². The summed E-state index contributed by atoms with van der Waals surface area (Å²) >= 11 is 0. The van der Waals surface area contributed by atoms with Crippen LogP contribution in [0.4, 0.5) is 5.69 Å². The molecule has 0 radical (unpaired) electrons. The Morgan fingerprint density at radius 2 is 1.69 bits per heavy atom. The molecule has 0 unspecified atom stereocenters. The lowest BCUT2D eigenvalue weighted by Gasteiger charge is -2.27. The van der Waals surface area contributed by atoms with Gasteiger partial charge in [-0.25, -0.2) is 4.90 Å². The van der Waals surface area contributed by atoms with Gasteiger partial charge in [0, 0.05) is 19.2 Å². The number of carbonyl (C=O) groups is 3. The van der Waals surface area contributed by atoms with Crippen LogP contribution in [-0.4, -0.2) is 36.2 Å². The number of hydrogen-bond acceptors (Lipinski definition) is 3. The fraction of sp³-hybridized carbons (Fsp3) is 0.375. The highest BCUT2D eigenvalue weighted by Crippen LogP contribution is 2.31. The van der Waals surface area contributed by atoms with E-state index in [1.54, 1.807) is 35.2 Å². The van der Waals surface area contributed by atoms with Crippen molar-refractivity contribution >= 4 is 23.4 Å². The zero-order valence-electron chi connectivity index (χ0n) is 17.0. The summed E-state index contributed by atoms with van der Waals surface area (Å²) < 4.78 is 0. The molecule has 0 bridgehead atoms. The van der Waals surface area contributed by atoms with Gasteiger partial charge in [0.1, 0.15) is 0 Å². The maximum atomic E-state index is 13.0. The lowest BCUT2D eigenvalue weighted by Crippen LogP contribution is -2.32. The summed E-state index contributed by atoms with van der Waals surface area (Å²) in [6.45, 7) is 2.60. The van der Waals surface area contributed by atoms with Gasteiger partial charge in [0.15, 0.2) is 0 Å². The average Bonchev–Trinajstić information content (AvgIpc) is 2.98. The maximum Gasteiger partial charge on any atom is 0.266 e. The van der Waals surface area contributed by atoms with E-state index in [2.05, 4.69) is 0 Å². The zero-order chi connectivity index (χ0) is 20.5. The standard InChI is InChI=1S/C24H26N2O3/c1-16-8-6-7-11-21(16)26-23(28)19-13-12-18(14-20(19)24(26)29)22(27)25(2)15-17-9-4-3-5-10-17/h6-8,11-14,17H,3-5,9-10,15H2,1-2H3. The number of para-hydroxylation sites is 1. The number of nitrogens with zero attached hydrogens (tertiary/aromatic N) is 2. The smallest absolute Gasteiger partial charge is 0.266 e. The van der Waals surface area contributed by atoms with Gasteiger partial charge in [-0.2, -0.15) is 0 Å². The number of fused-ring (bicyclic) bond motifs is 1. The third-order valence-corrected chi connectivity index (χ3v) is 6.09. The molecule has 4 rings (SSSR count). The first-order valence-electron chi connectivity index (χ1n) is 10.3. The molecule has 1 fully saturated rings. The van der Waals surface area contributed by atoms with E-state index in [1.165, 1.54) is 37.0 Å². The molecule has 1 heterocycles. The topological polar surface area (TPSA) is 57.7 Å². The molecule has 0 N–H and O–H groups in total. The molecule has 29 heavy (non-hydrogen) atoms. The number of carbonyl (C=O) groups excluding carboxylic acids is 3. The van der Waals surface area contributed by atoms with Gasteiger partial charge in [-0.3, -0.25) is 14.4 Å².